The minimum Gasteiger partial charge on any atom is -0.480 e. The molecule has 0 aliphatic heterocycles. The SMILES string of the molecule is O=C(O)C(Cc1ccccc1)NC(=O)C1CC2C=CC1C2. The van der Waals surface area contributed by atoms with E-state index < -0.39 is 12.0 Å². The third-order valence-corrected chi connectivity index (χ3v) is 4.51. The van der Waals surface area contributed by atoms with E-state index in [2.05, 4.69) is 17.5 Å². The van der Waals surface area contributed by atoms with Gasteiger partial charge in [-0.1, -0.05) is 42.5 Å². The lowest BCUT2D eigenvalue weighted by Crippen LogP contribution is -2.45. The average molecular weight is 285 g/mol. The average Bonchev–Trinajstić information content (AvgIpc) is 3.10. The van der Waals surface area contributed by atoms with Crippen molar-refractivity contribution in [3.8, 4) is 0 Å². The smallest absolute Gasteiger partial charge is 0.326 e. The van der Waals surface area contributed by atoms with Crippen molar-refractivity contribution >= 4 is 11.9 Å². The number of fused-ring (bicyclic) bond motifs is 2. The van der Waals surface area contributed by atoms with Gasteiger partial charge in [0.1, 0.15) is 6.04 Å². The van der Waals surface area contributed by atoms with Crippen LogP contribution in [0.2, 0.25) is 0 Å². The van der Waals surface area contributed by atoms with Gasteiger partial charge in [0.2, 0.25) is 5.91 Å². The van der Waals surface area contributed by atoms with Crippen LogP contribution in [0.5, 0.6) is 0 Å². The number of amides is 1. The van der Waals surface area contributed by atoms with Gasteiger partial charge in [0.25, 0.3) is 0 Å². The van der Waals surface area contributed by atoms with Crippen LogP contribution >= 0.6 is 0 Å². The quantitative estimate of drug-likeness (QED) is 0.813. The summed E-state index contributed by atoms with van der Waals surface area (Å²) in [5.74, 6) is -0.358. The maximum atomic E-state index is 12.3. The normalized spacial score (nSPS) is 27.5. The van der Waals surface area contributed by atoms with Gasteiger partial charge < -0.3 is 10.4 Å². The van der Waals surface area contributed by atoms with E-state index >= 15 is 0 Å². The first-order valence-corrected chi connectivity index (χ1v) is 7.39. The van der Waals surface area contributed by atoms with Gasteiger partial charge in [0.05, 0.1) is 0 Å². The highest BCUT2D eigenvalue weighted by Gasteiger charge is 2.40. The van der Waals surface area contributed by atoms with Gasteiger partial charge >= 0.3 is 5.97 Å². The third-order valence-electron chi connectivity index (χ3n) is 4.51. The standard InChI is InChI=1S/C17H19NO3/c19-16(14-9-12-6-7-13(14)8-12)18-15(17(20)21)10-11-4-2-1-3-5-11/h1-7,12-15H,8-10H2,(H,18,19)(H,20,21). The highest BCUT2D eigenvalue weighted by Crippen LogP contribution is 2.43. The van der Waals surface area contributed by atoms with Crippen LogP contribution in [0.1, 0.15) is 18.4 Å². The first-order chi connectivity index (χ1) is 10.1. The summed E-state index contributed by atoms with van der Waals surface area (Å²) >= 11 is 0. The van der Waals surface area contributed by atoms with Crippen LogP contribution in [0.4, 0.5) is 0 Å². The number of carboxylic acid groups (broad SMARTS) is 1. The molecule has 1 aromatic rings. The second-order valence-corrected chi connectivity index (χ2v) is 5.98. The Bertz CT molecular complexity index is 567. The van der Waals surface area contributed by atoms with E-state index in [-0.39, 0.29) is 11.8 Å². The molecule has 1 saturated carbocycles. The number of aliphatic carboxylic acids is 1. The summed E-state index contributed by atoms with van der Waals surface area (Å²) in [6.07, 6.45) is 6.48. The molecule has 2 bridgehead atoms. The molecule has 1 fully saturated rings. The number of carboxylic acids is 1. The molecule has 0 saturated heterocycles. The molecule has 1 aromatic carbocycles. The van der Waals surface area contributed by atoms with E-state index in [1.807, 2.05) is 30.3 Å². The van der Waals surface area contributed by atoms with Crippen LogP contribution in [0.15, 0.2) is 42.5 Å². The van der Waals surface area contributed by atoms with Gasteiger partial charge in [0, 0.05) is 12.3 Å². The summed E-state index contributed by atoms with van der Waals surface area (Å²) in [7, 11) is 0. The number of carbonyl (C=O) groups excluding carboxylic acids is 1. The third kappa shape index (κ3) is 2.99. The van der Waals surface area contributed by atoms with Crippen molar-refractivity contribution in [3.05, 3.63) is 48.0 Å². The van der Waals surface area contributed by atoms with Crippen molar-refractivity contribution in [3.63, 3.8) is 0 Å². The molecule has 4 nitrogen and oxygen atoms in total. The highest BCUT2D eigenvalue weighted by molar-refractivity contribution is 5.85. The molecule has 3 rings (SSSR count). The first kappa shape index (κ1) is 13.9. The molecule has 0 aromatic heterocycles. The van der Waals surface area contributed by atoms with E-state index in [0.717, 1.165) is 18.4 Å². The van der Waals surface area contributed by atoms with Crippen molar-refractivity contribution in [2.75, 3.05) is 0 Å². The van der Waals surface area contributed by atoms with Crippen molar-refractivity contribution < 1.29 is 14.7 Å². The summed E-state index contributed by atoms with van der Waals surface area (Å²) in [6.45, 7) is 0. The Morgan fingerprint density at radius 2 is 1.95 bits per heavy atom. The van der Waals surface area contributed by atoms with E-state index in [4.69, 9.17) is 0 Å². The van der Waals surface area contributed by atoms with Crippen molar-refractivity contribution in [2.45, 2.75) is 25.3 Å². The Balaban J connectivity index is 1.64. The zero-order valence-electron chi connectivity index (χ0n) is 11.7. The van der Waals surface area contributed by atoms with E-state index in [1.54, 1.807) is 0 Å². The van der Waals surface area contributed by atoms with E-state index in [1.165, 1.54) is 0 Å². The number of hydrogen-bond donors (Lipinski definition) is 2. The number of carbonyl (C=O) groups is 2. The molecule has 1 amide bonds. The summed E-state index contributed by atoms with van der Waals surface area (Å²) in [5, 5.41) is 12.0. The second kappa shape index (κ2) is 5.72. The monoisotopic (exact) mass is 285 g/mol. The lowest BCUT2D eigenvalue weighted by atomic mass is 9.92. The predicted molar refractivity (Wildman–Crippen MR) is 78.6 cm³/mol. The molecule has 0 heterocycles. The molecule has 0 spiro atoms. The van der Waals surface area contributed by atoms with Crippen LogP contribution in [-0.2, 0) is 16.0 Å². The van der Waals surface area contributed by atoms with Gasteiger partial charge in [-0.05, 0) is 30.2 Å². The number of rotatable bonds is 5. The first-order valence-electron chi connectivity index (χ1n) is 7.39. The van der Waals surface area contributed by atoms with Gasteiger partial charge in [-0.3, -0.25) is 4.79 Å². The molecular weight excluding hydrogens is 266 g/mol. The van der Waals surface area contributed by atoms with Gasteiger partial charge in [-0.25, -0.2) is 4.79 Å². The van der Waals surface area contributed by atoms with E-state index in [9.17, 15) is 14.7 Å². The maximum absolute atomic E-state index is 12.3. The number of hydrogen-bond acceptors (Lipinski definition) is 2. The predicted octanol–water partition coefficient (Wildman–Crippen LogP) is 2.01. The van der Waals surface area contributed by atoms with Crippen LogP contribution in [-0.4, -0.2) is 23.0 Å². The Hall–Kier alpha value is -2.10. The molecule has 110 valence electrons. The number of nitrogens with one attached hydrogen (secondary N) is 1. The highest BCUT2D eigenvalue weighted by atomic mass is 16.4. The Morgan fingerprint density at radius 1 is 1.19 bits per heavy atom. The summed E-state index contributed by atoms with van der Waals surface area (Å²) in [4.78, 5) is 23.7. The van der Waals surface area contributed by atoms with Crippen molar-refractivity contribution in [1.82, 2.24) is 5.32 Å². The fourth-order valence-electron chi connectivity index (χ4n) is 3.41. The van der Waals surface area contributed by atoms with Crippen LogP contribution < -0.4 is 5.32 Å². The molecule has 4 atom stereocenters. The summed E-state index contributed by atoms with van der Waals surface area (Å²) in [5.41, 5.74) is 0.915. The molecule has 21 heavy (non-hydrogen) atoms. The van der Waals surface area contributed by atoms with Crippen LogP contribution in [0.3, 0.4) is 0 Å². The molecular formula is C17H19NO3. The minimum atomic E-state index is -0.981. The molecule has 2 aliphatic carbocycles. The molecule has 4 heteroatoms. The zero-order valence-corrected chi connectivity index (χ0v) is 11.7. The fraction of sp³-hybridized carbons (Fsp3) is 0.412. The fourth-order valence-corrected chi connectivity index (χ4v) is 3.41. The number of allylic oxidation sites excluding steroid dienone is 2. The van der Waals surface area contributed by atoms with Crippen LogP contribution in [0, 0.1) is 17.8 Å². The summed E-state index contributed by atoms with van der Waals surface area (Å²) in [6, 6.07) is 8.53. The molecule has 0 radical (unpaired) electrons. The summed E-state index contributed by atoms with van der Waals surface area (Å²) < 4.78 is 0. The van der Waals surface area contributed by atoms with Crippen molar-refractivity contribution in [2.24, 2.45) is 17.8 Å². The van der Waals surface area contributed by atoms with Gasteiger partial charge in [-0.15, -0.1) is 0 Å². The molecule has 2 N–H and O–H groups in total. The topological polar surface area (TPSA) is 66.4 Å². The largest absolute Gasteiger partial charge is 0.480 e. The van der Waals surface area contributed by atoms with Crippen molar-refractivity contribution in [1.29, 1.82) is 0 Å². The zero-order chi connectivity index (χ0) is 14.8. The Kier molecular flexibility index (Phi) is 3.78. The lowest BCUT2D eigenvalue weighted by Gasteiger charge is -2.21. The van der Waals surface area contributed by atoms with E-state index in [0.29, 0.717) is 18.3 Å². The lowest BCUT2D eigenvalue weighted by molar-refractivity contribution is -0.142. The van der Waals surface area contributed by atoms with Crippen LogP contribution in [0.25, 0.3) is 0 Å². The molecule has 2 aliphatic rings. The molecule has 4 unspecified atom stereocenters. The Morgan fingerprint density at radius 3 is 2.52 bits per heavy atom. The number of benzene rings is 1. The maximum Gasteiger partial charge on any atom is 0.326 e. The Labute approximate surface area is 123 Å². The van der Waals surface area contributed by atoms with Gasteiger partial charge in [0.15, 0.2) is 0 Å². The van der Waals surface area contributed by atoms with Gasteiger partial charge in [-0.2, -0.15) is 0 Å². The second-order valence-electron chi connectivity index (χ2n) is 5.98. The minimum absolute atomic E-state index is 0.0578.